The summed E-state index contributed by atoms with van der Waals surface area (Å²) in [6.07, 6.45) is -5.97. The van der Waals surface area contributed by atoms with Crippen LogP contribution in [0.4, 0.5) is 13.2 Å². The van der Waals surface area contributed by atoms with E-state index >= 15 is 0 Å². The molecule has 110 valence electrons. The first kappa shape index (κ1) is 15.5. The summed E-state index contributed by atoms with van der Waals surface area (Å²) in [4.78, 5) is 5.35. The van der Waals surface area contributed by atoms with E-state index in [1.807, 2.05) is 4.98 Å². The lowest BCUT2D eigenvalue weighted by Crippen LogP contribution is -2.10. The number of imidazole rings is 1. The van der Waals surface area contributed by atoms with Crippen molar-refractivity contribution in [2.24, 2.45) is 0 Å². The van der Waals surface area contributed by atoms with E-state index in [0.717, 1.165) is 0 Å². The minimum atomic E-state index is -4.69. The second-order valence-electron chi connectivity index (χ2n) is 3.80. The zero-order valence-corrected chi connectivity index (χ0v) is 11.9. The molecular weight excluding hydrogens is 343 g/mol. The number of hydrogen-bond acceptors (Lipinski definition) is 3. The van der Waals surface area contributed by atoms with Crippen LogP contribution in [0, 0.1) is 0 Å². The lowest BCUT2D eigenvalue weighted by Gasteiger charge is -2.13. The minimum absolute atomic E-state index is 0.160. The number of hydrogen-bond donors (Lipinski definition) is 2. The number of fused-ring (bicyclic) bond motifs is 1. The number of rotatable bonds is 2. The average molecular weight is 350 g/mol. The van der Waals surface area contributed by atoms with Crippen LogP contribution in [0.1, 0.15) is 12.7 Å². The highest BCUT2D eigenvalue weighted by Gasteiger charge is 2.36. The van der Waals surface area contributed by atoms with Crippen LogP contribution in [0.15, 0.2) is 0 Å². The molecule has 1 atom stereocenters. The smallest absolute Gasteiger partial charge is 0.449 e. The van der Waals surface area contributed by atoms with Crippen molar-refractivity contribution in [3.05, 3.63) is 20.9 Å². The number of halogens is 6. The number of alkyl halides is 3. The van der Waals surface area contributed by atoms with Crippen LogP contribution < -0.4 is 4.74 Å². The Balaban J connectivity index is 2.75. The summed E-state index contributed by atoms with van der Waals surface area (Å²) in [5, 5.41) is 8.43. The van der Waals surface area contributed by atoms with Crippen LogP contribution in [0.3, 0.4) is 0 Å². The summed E-state index contributed by atoms with van der Waals surface area (Å²) in [5.74, 6) is -1.50. The maximum Gasteiger partial charge on any atom is 0.449 e. The fourth-order valence-corrected chi connectivity index (χ4v) is 2.29. The number of aliphatic hydroxyl groups is 1. The maximum atomic E-state index is 12.6. The number of ether oxygens (including phenoxy) is 1. The van der Waals surface area contributed by atoms with Gasteiger partial charge in [0.1, 0.15) is 15.6 Å². The van der Waals surface area contributed by atoms with Crippen molar-refractivity contribution in [3.8, 4) is 5.75 Å². The van der Waals surface area contributed by atoms with E-state index in [2.05, 4.69) is 4.98 Å². The molecule has 1 aromatic heterocycles. The molecule has 0 aliphatic rings. The molecule has 0 spiro atoms. The van der Waals surface area contributed by atoms with Gasteiger partial charge in [0.2, 0.25) is 5.82 Å². The van der Waals surface area contributed by atoms with Gasteiger partial charge in [-0.15, -0.1) is 0 Å². The van der Waals surface area contributed by atoms with Crippen molar-refractivity contribution in [3.63, 3.8) is 0 Å². The summed E-state index contributed by atoms with van der Waals surface area (Å²) in [7, 11) is 0. The Morgan fingerprint density at radius 1 is 1.20 bits per heavy atom. The molecule has 20 heavy (non-hydrogen) atoms. The van der Waals surface area contributed by atoms with E-state index in [1.165, 1.54) is 6.92 Å². The van der Waals surface area contributed by atoms with Crippen molar-refractivity contribution in [2.75, 3.05) is 0 Å². The Bertz CT molecular complexity index is 670. The lowest BCUT2D eigenvalue weighted by atomic mass is 10.3. The van der Waals surface area contributed by atoms with Gasteiger partial charge in [0.05, 0.1) is 10.5 Å². The second-order valence-corrected chi connectivity index (χ2v) is 4.93. The Hall–Kier alpha value is -0.890. The van der Waals surface area contributed by atoms with Crippen LogP contribution in [0.2, 0.25) is 15.1 Å². The SMILES string of the molecule is CC(O)Oc1c(Cl)c(Cl)c2[nH]c(C(F)(F)F)nc2c1Cl. The summed E-state index contributed by atoms with van der Waals surface area (Å²) in [6.45, 7) is 1.27. The molecule has 0 bridgehead atoms. The molecule has 10 heteroatoms. The van der Waals surface area contributed by atoms with Crippen molar-refractivity contribution in [2.45, 2.75) is 19.4 Å². The Kier molecular flexibility index (Phi) is 3.98. The van der Waals surface area contributed by atoms with Gasteiger partial charge in [0.25, 0.3) is 0 Å². The first-order valence-corrected chi connectivity index (χ1v) is 6.24. The summed E-state index contributed by atoms with van der Waals surface area (Å²) in [6, 6.07) is 0. The van der Waals surface area contributed by atoms with Crippen LogP contribution in [-0.4, -0.2) is 21.4 Å². The van der Waals surface area contributed by atoms with E-state index < -0.39 is 18.3 Å². The number of nitrogens with zero attached hydrogens (tertiary/aromatic N) is 1. The summed E-state index contributed by atoms with van der Waals surface area (Å²) >= 11 is 17.6. The van der Waals surface area contributed by atoms with E-state index in [4.69, 9.17) is 44.6 Å². The maximum absolute atomic E-state index is 12.6. The van der Waals surface area contributed by atoms with Crippen molar-refractivity contribution >= 4 is 45.8 Å². The Morgan fingerprint density at radius 3 is 2.30 bits per heavy atom. The molecule has 0 aliphatic carbocycles. The Labute approximate surface area is 125 Å². The van der Waals surface area contributed by atoms with Crippen LogP contribution in [-0.2, 0) is 6.18 Å². The van der Waals surface area contributed by atoms with Crippen LogP contribution in [0.5, 0.6) is 5.75 Å². The normalized spacial score (nSPS) is 13.8. The molecule has 0 aliphatic heterocycles. The molecule has 0 saturated carbocycles. The molecule has 2 N–H and O–H groups in total. The molecule has 2 aromatic rings. The fraction of sp³-hybridized carbons (Fsp3) is 0.300. The standard InChI is InChI=1S/C10H6Cl3F3N2O2/c1-2(19)20-8-4(12)3(11)6-7(5(8)13)18-9(17-6)10(14,15)16/h2,19H,1H3,(H,17,18). The molecule has 0 fully saturated rings. The fourth-order valence-electron chi connectivity index (χ4n) is 1.51. The van der Waals surface area contributed by atoms with Gasteiger partial charge in [-0.25, -0.2) is 4.98 Å². The largest absolute Gasteiger partial charge is 0.462 e. The van der Waals surface area contributed by atoms with Crippen molar-refractivity contribution in [1.29, 1.82) is 0 Å². The highest BCUT2D eigenvalue weighted by Crippen LogP contribution is 2.45. The molecule has 1 heterocycles. The van der Waals surface area contributed by atoms with Crippen molar-refractivity contribution in [1.82, 2.24) is 9.97 Å². The first-order chi connectivity index (χ1) is 9.12. The molecular formula is C10H6Cl3F3N2O2. The Morgan fingerprint density at radius 2 is 1.80 bits per heavy atom. The van der Waals surface area contributed by atoms with E-state index in [0.29, 0.717) is 0 Å². The van der Waals surface area contributed by atoms with Crippen LogP contribution >= 0.6 is 34.8 Å². The van der Waals surface area contributed by atoms with Gasteiger partial charge in [-0.05, 0) is 6.92 Å². The van der Waals surface area contributed by atoms with Gasteiger partial charge >= 0.3 is 6.18 Å². The first-order valence-electron chi connectivity index (χ1n) is 5.11. The van der Waals surface area contributed by atoms with E-state index in [-0.39, 0.29) is 31.9 Å². The van der Waals surface area contributed by atoms with E-state index in [9.17, 15) is 13.2 Å². The average Bonchev–Trinajstić information content (AvgIpc) is 2.76. The number of nitrogens with one attached hydrogen (secondary N) is 1. The monoisotopic (exact) mass is 348 g/mol. The summed E-state index contributed by atoms with van der Waals surface area (Å²) in [5.41, 5.74) is -0.407. The third kappa shape index (κ3) is 2.63. The predicted molar refractivity (Wildman–Crippen MR) is 68.4 cm³/mol. The molecule has 0 saturated heterocycles. The molecule has 4 nitrogen and oxygen atoms in total. The summed E-state index contributed by atoms with van der Waals surface area (Å²) < 4.78 is 42.8. The topological polar surface area (TPSA) is 58.1 Å². The number of aliphatic hydroxyl groups excluding tert-OH is 1. The number of H-pyrrole nitrogens is 1. The molecule has 0 amide bonds. The molecule has 2 rings (SSSR count). The zero-order chi connectivity index (χ0) is 15.2. The predicted octanol–water partition coefficient (Wildman–Crippen LogP) is 4.26. The van der Waals surface area contributed by atoms with Crippen molar-refractivity contribution < 1.29 is 23.0 Å². The van der Waals surface area contributed by atoms with E-state index in [1.54, 1.807) is 0 Å². The van der Waals surface area contributed by atoms with Gasteiger partial charge < -0.3 is 14.8 Å². The van der Waals surface area contributed by atoms with Gasteiger partial charge in [0, 0.05) is 0 Å². The molecule has 1 unspecified atom stereocenters. The molecule has 1 aromatic carbocycles. The minimum Gasteiger partial charge on any atom is -0.462 e. The second kappa shape index (κ2) is 5.14. The van der Waals surface area contributed by atoms with Gasteiger partial charge in [0.15, 0.2) is 12.0 Å². The molecule has 0 radical (unpaired) electrons. The van der Waals surface area contributed by atoms with Crippen LogP contribution in [0.25, 0.3) is 11.0 Å². The number of benzene rings is 1. The third-order valence-electron chi connectivity index (χ3n) is 2.28. The lowest BCUT2D eigenvalue weighted by molar-refractivity contribution is -0.144. The number of aromatic nitrogens is 2. The van der Waals surface area contributed by atoms with Gasteiger partial charge in [-0.1, -0.05) is 34.8 Å². The quantitative estimate of drug-likeness (QED) is 0.629. The van der Waals surface area contributed by atoms with Gasteiger partial charge in [-0.2, -0.15) is 13.2 Å². The van der Waals surface area contributed by atoms with Gasteiger partial charge in [-0.3, -0.25) is 0 Å². The third-order valence-corrected chi connectivity index (χ3v) is 3.47. The zero-order valence-electron chi connectivity index (χ0n) is 9.65. The highest BCUT2D eigenvalue weighted by atomic mass is 35.5. The highest BCUT2D eigenvalue weighted by molar-refractivity contribution is 6.49. The number of aromatic amines is 1.